The van der Waals surface area contributed by atoms with Gasteiger partial charge in [-0.15, -0.1) is 0 Å². The third-order valence-electron chi connectivity index (χ3n) is 2.86. The predicted molar refractivity (Wildman–Crippen MR) is 82.7 cm³/mol. The predicted octanol–water partition coefficient (Wildman–Crippen LogP) is 2.17. The minimum Gasteiger partial charge on any atom is -0.508 e. The third kappa shape index (κ3) is 3.99. The number of phenolic OH excluding ortho intramolecular Hbond substituents is 1. The molecule has 6 nitrogen and oxygen atoms in total. The standard InChI is InChI=1S/C16H16N2O4/c1-21-14-6-11(7-15(9-14)22-2)10-17-18-16(20)12-4-3-5-13(19)8-12/h3-10,19H,1-2H3,(H,18,20)/b17-10-. The van der Waals surface area contributed by atoms with Gasteiger partial charge in [-0.05, 0) is 30.3 Å². The maximum absolute atomic E-state index is 11.8. The number of hydrogen-bond donors (Lipinski definition) is 2. The molecule has 0 saturated carbocycles. The van der Waals surface area contributed by atoms with Crippen LogP contribution in [0.4, 0.5) is 0 Å². The SMILES string of the molecule is COc1cc(/C=N\NC(=O)c2cccc(O)c2)cc(OC)c1. The lowest BCUT2D eigenvalue weighted by molar-refractivity contribution is 0.0954. The second-order valence-corrected chi connectivity index (χ2v) is 4.40. The average Bonchev–Trinajstić information content (AvgIpc) is 2.54. The van der Waals surface area contributed by atoms with Gasteiger partial charge in [0.05, 0.1) is 20.4 Å². The Morgan fingerprint density at radius 3 is 2.41 bits per heavy atom. The average molecular weight is 300 g/mol. The van der Waals surface area contributed by atoms with Gasteiger partial charge in [-0.1, -0.05) is 6.07 Å². The lowest BCUT2D eigenvalue weighted by Crippen LogP contribution is -2.17. The Hall–Kier alpha value is -3.02. The summed E-state index contributed by atoms with van der Waals surface area (Å²) < 4.78 is 10.3. The molecule has 0 radical (unpaired) electrons. The van der Waals surface area contributed by atoms with Gasteiger partial charge in [0.25, 0.3) is 5.91 Å². The Balaban J connectivity index is 2.07. The molecule has 0 aliphatic rings. The highest BCUT2D eigenvalue weighted by atomic mass is 16.5. The first kappa shape index (κ1) is 15.4. The van der Waals surface area contributed by atoms with E-state index in [1.807, 2.05) is 0 Å². The maximum Gasteiger partial charge on any atom is 0.271 e. The zero-order valence-corrected chi connectivity index (χ0v) is 12.2. The molecule has 1 amide bonds. The molecule has 0 unspecified atom stereocenters. The highest BCUT2D eigenvalue weighted by Crippen LogP contribution is 2.21. The topological polar surface area (TPSA) is 80.2 Å². The van der Waals surface area contributed by atoms with E-state index in [4.69, 9.17) is 9.47 Å². The van der Waals surface area contributed by atoms with Crippen molar-refractivity contribution in [2.75, 3.05) is 14.2 Å². The van der Waals surface area contributed by atoms with Gasteiger partial charge in [-0.25, -0.2) is 5.43 Å². The monoisotopic (exact) mass is 300 g/mol. The number of amides is 1. The molecule has 0 heterocycles. The van der Waals surface area contributed by atoms with Crippen LogP contribution in [0.2, 0.25) is 0 Å². The maximum atomic E-state index is 11.8. The van der Waals surface area contributed by atoms with E-state index in [1.165, 1.54) is 18.3 Å². The molecular formula is C16H16N2O4. The molecule has 6 heteroatoms. The summed E-state index contributed by atoms with van der Waals surface area (Å²) in [5.41, 5.74) is 3.42. The molecule has 0 bridgehead atoms. The van der Waals surface area contributed by atoms with Crippen molar-refractivity contribution in [2.24, 2.45) is 5.10 Å². The van der Waals surface area contributed by atoms with Gasteiger partial charge < -0.3 is 14.6 Å². The summed E-state index contributed by atoms with van der Waals surface area (Å²) in [5, 5.41) is 13.2. The molecular weight excluding hydrogens is 284 g/mol. The second-order valence-electron chi connectivity index (χ2n) is 4.40. The first-order valence-corrected chi connectivity index (χ1v) is 6.48. The molecule has 0 aliphatic heterocycles. The van der Waals surface area contributed by atoms with E-state index >= 15 is 0 Å². The summed E-state index contributed by atoms with van der Waals surface area (Å²) >= 11 is 0. The quantitative estimate of drug-likeness (QED) is 0.655. The van der Waals surface area contributed by atoms with E-state index < -0.39 is 5.91 Å². The van der Waals surface area contributed by atoms with Crippen molar-refractivity contribution in [3.05, 3.63) is 53.6 Å². The van der Waals surface area contributed by atoms with Crippen LogP contribution in [-0.4, -0.2) is 31.4 Å². The van der Waals surface area contributed by atoms with Gasteiger partial charge in [0.2, 0.25) is 0 Å². The fourth-order valence-electron chi connectivity index (χ4n) is 1.78. The first-order valence-electron chi connectivity index (χ1n) is 6.48. The van der Waals surface area contributed by atoms with Crippen LogP contribution in [0, 0.1) is 0 Å². The van der Waals surface area contributed by atoms with Crippen LogP contribution in [0.5, 0.6) is 17.2 Å². The van der Waals surface area contributed by atoms with Gasteiger partial charge in [-0.3, -0.25) is 4.79 Å². The van der Waals surface area contributed by atoms with Gasteiger partial charge >= 0.3 is 0 Å². The van der Waals surface area contributed by atoms with Gasteiger partial charge in [0.15, 0.2) is 0 Å². The van der Waals surface area contributed by atoms with Gasteiger partial charge in [-0.2, -0.15) is 5.10 Å². The number of aromatic hydroxyl groups is 1. The Labute approximate surface area is 128 Å². The molecule has 2 N–H and O–H groups in total. The number of benzene rings is 2. The Kier molecular flexibility index (Phi) is 4.98. The lowest BCUT2D eigenvalue weighted by atomic mass is 10.2. The van der Waals surface area contributed by atoms with E-state index in [9.17, 15) is 9.90 Å². The van der Waals surface area contributed by atoms with Crippen LogP contribution < -0.4 is 14.9 Å². The Bertz CT molecular complexity index is 676. The fourth-order valence-corrected chi connectivity index (χ4v) is 1.78. The minimum absolute atomic E-state index is 0.0224. The van der Waals surface area contributed by atoms with Crippen LogP contribution in [0.15, 0.2) is 47.6 Å². The highest BCUT2D eigenvalue weighted by molar-refractivity contribution is 5.95. The van der Waals surface area contributed by atoms with Crippen LogP contribution >= 0.6 is 0 Å². The number of hydrogen-bond acceptors (Lipinski definition) is 5. The molecule has 2 aromatic carbocycles. The van der Waals surface area contributed by atoms with Crippen molar-refractivity contribution < 1.29 is 19.4 Å². The number of nitrogens with one attached hydrogen (secondary N) is 1. The molecule has 0 atom stereocenters. The van der Waals surface area contributed by atoms with E-state index in [1.54, 1.807) is 44.6 Å². The summed E-state index contributed by atoms with van der Waals surface area (Å²) in [6.45, 7) is 0. The third-order valence-corrected chi connectivity index (χ3v) is 2.86. The number of carbonyl (C=O) groups excluding carboxylic acids is 1. The van der Waals surface area contributed by atoms with Crippen molar-refractivity contribution in [1.82, 2.24) is 5.43 Å². The summed E-state index contributed by atoms with van der Waals surface area (Å²) in [7, 11) is 3.11. The number of methoxy groups -OCH3 is 2. The van der Waals surface area contributed by atoms with Crippen LogP contribution in [0.3, 0.4) is 0 Å². The molecule has 2 rings (SSSR count). The lowest BCUT2D eigenvalue weighted by Gasteiger charge is -2.05. The number of hydrazone groups is 1. The zero-order chi connectivity index (χ0) is 15.9. The van der Waals surface area contributed by atoms with Crippen LogP contribution in [0.1, 0.15) is 15.9 Å². The number of phenols is 1. The van der Waals surface area contributed by atoms with Crippen LogP contribution in [0.25, 0.3) is 0 Å². The molecule has 0 spiro atoms. The Morgan fingerprint density at radius 1 is 1.14 bits per heavy atom. The summed E-state index contributed by atoms with van der Waals surface area (Å²) in [5.74, 6) is 0.858. The van der Waals surface area contributed by atoms with Gasteiger partial charge in [0, 0.05) is 17.2 Å². The molecule has 2 aromatic rings. The molecule has 0 saturated heterocycles. The smallest absolute Gasteiger partial charge is 0.271 e. The molecule has 22 heavy (non-hydrogen) atoms. The van der Waals surface area contributed by atoms with Crippen molar-refractivity contribution in [1.29, 1.82) is 0 Å². The molecule has 114 valence electrons. The normalized spacial score (nSPS) is 10.5. The number of carbonyl (C=O) groups is 1. The largest absolute Gasteiger partial charge is 0.508 e. The Morgan fingerprint density at radius 2 is 1.82 bits per heavy atom. The van der Waals surface area contributed by atoms with E-state index in [0.29, 0.717) is 22.6 Å². The fraction of sp³-hybridized carbons (Fsp3) is 0.125. The molecule has 0 fully saturated rings. The molecule has 0 aromatic heterocycles. The summed E-state index contributed by atoms with van der Waals surface area (Å²) in [6, 6.07) is 11.3. The van der Waals surface area contributed by atoms with E-state index in [0.717, 1.165) is 0 Å². The molecule has 0 aliphatic carbocycles. The number of nitrogens with zero attached hydrogens (tertiary/aromatic N) is 1. The first-order chi connectivity index (χ1) is 10.6. The van der Waals surface area contributed by atoms with E-state index in [2.05, 4.69) is 10.5 Å². The van der Waals surface area contributed by atoms with Crippen molar-refractivity contribution >= 4 is 12.1 Å². The van der Waals surface area contributed by atoms with E-state index in [-0.39, 0.29) is 5.75 Å². The van der Waals surface area contributed by atoms with Crippen molar-refractivity contribution in [2.45, 2.75) is 0 Å². The second kappa shape index (κ2) is 7.12. The van der Waals surface area contributed by atoms with Crippen LogP contribution in [-0.2, 0) is 0 Å². The number of ether oxygens (including phenoxy) is 2. The highest BCUT2D eigenvalue weighted by Gasteiger charge is 2.04. The van der Waals surface area contributed by atoms with Crippen molar-refractivity contribution in [3.63, 3.8) is 0 Å². The summed E-state index contributed by atoms with van der Waals surface area (Å²) in [6.07, 6.45) is 1.48. The van der Waals surface area contributed by atoms with Gasteiger partial charge in [0.1, 0.15) is 17.2 Å². The van der Waals surface area contributed by atoms with Crippen molar-refractivity contribution in [3.8, 4) is 17.2 Å². The zero-order valence-electron chi connectivity index (χ0n) is 12.2. The summed E-state index contributed by atoms with van der Waals surface area (Å²) in [4.78, 5) is 11.8. The minimum atomic E-state index is -0.415. The number of rotatable bonds is 5.